The molecule has 0 spiro atoms. The van der Waals surface area contributed by atoms with Crippen molar-refractivity contribution in [2.24, 2.45) is 5.10 Å². The van der Waals surface area contributed by atoms with Crippen LogP contribution in [0, 0.1) is 15.9 Å². The summed E-state index contributed by atoms with van der Waals surface area (Å²) in [5, 5.41) is 15.4. The minimum atomic E-state index is -0.479. The maximum absolute atomic E-state index is 13.9. The van der Waals surface area contributed by atoms with E-state index in [2.05, 4.69) is 10.1 Å². The molecule has 0 aliphatic carbocycles. The van der Waals surface area contributed by atoms with Gasteiger partial charge in [-0.2, -0.15) is 9.78 Å². The Morgan fingerprint density at radius 1 is 0.968 bits per heavy atom. The number of nitrogens with zero attached hydrogens (tertiary/aromatic N) is 4. The number of hydrogen-bond acceptors (Lipinski definition) is 5. The lowest BCUT2D eigenvalue weighted by atomic mass is 10.2. The molecule has 1 aromatic heterocycles. The van der Waals surface area contributed by atoms with Crippen LogP contribution in [0.1, 0.15) is 17.0 Å². The van der Waals surface area contributed by atoms with E-state index in [-0.39, 0.29) is 17.1 Å². The third kappa shape index (κ3) is 4.27. The second-order valence-corrected chi connectivity index (χ2v) is 6.55. The highest BCUT2D eigenvalue weighted by Gasteiger charge is 2.09. The molecule has 0 N–H and O–H groups in total. The Morgan fingerprint density at radius 3 is 2.42 bits per heavy atom. The number of hydrogen-bond donors (Lipinski definition) is 0. The van der Waals surface area contributed by atoms with Gasteiger partial charge in [0.1, 0.15) is 5.82 Å². The number of aromatic nitrogens is 2. The molecule has 0 amide bonds. The monoisotopic (exact) mass is 414 g/mol. The summed E-state index contributed by atoms with van der Waals surface area (Å²) < 4.78 is 15.0. The first-order valence-corrected chi connectivity index (χ1v) is 9.26. The molecule has 152 valence electrons. The van der Waals surface area contributed by atoms with Gasteiger partial charge in [-0.25, -0.2) is 9.37 Å². The van der Waals surface area contributed by atoms with Gasteiger partial charge in [-0.15, -0.1) is 0 Å². The van der Waals surface area contributed by atoms with Crippen molar-refractivity contribution in [3.05, 3.63) is 116 Å². The lowest BCUT2D eigenvalue weighted by molar-refractivity contribution is -0.384. The highest BCUT2D eigenvalue weighted by Crippen LogP contribution is 2.15. The minimum Gasteiger partial charge on any atom is -0.267 e. The molecule has 4 aromatic rings. The Balaban J connectivity index is 1.79. The molecular formula is C23H15FN4O3. The van der Waals surface area contributed by atoms with Crippen LogP contribution in [0.2, 0.25) is 0 Å². The van der Waals surface area contributed by atoms with E-state index < -0.39 is 16.3 Å². The quantitative estimate of drug-likeness (QED) is 0.273. The van der Waals surface area contributed by atoms with Gasteiger partial charge >= 0.3 is 0 Å². The number of nitro benzene ring substituents is 1. The van der Waals surface area contributed by atoms with Gasteiger partial charge in [-0.05, 0) is 42.0 Å². The normalized spacial score (nSPS) is 11.5. The second kappa shape index (κ2) is 8.50. The number of nitro groups is 1. The van der Waals surface area contributed by atoms with E-state index in [1.807, 2.05) is 0 Å². The molecule has 1 heterocycles. The summed E-state index contributed by atoms with van der Waals surface area (Å²) in [6.45, 7) is 0. The van der Waals surface area contributed by atoms with Crippen LogP contribution in [0.3, 0.4) is 0 Å². The summed E-state index contributed by atoms with van der Waals surface area (Å²) in [5.41, 5.74) is 0.979. The lowest BCUT2D eigenvalue weighted by Gasteiger charge is -2.06. The molecule has 0 radical (unpaired) electrons. The zero-order valence-electron chi connectivity index (χ0n) is 16.1. The Morgan fingerprint density at radius 2 is 1.68 bits per heavy atom. The first kappa shape index (κ1) is 19.8. The molecule has 8 heteroatoms. The van der Waals surface area contributed by atoms with Crippen LogP contribution in [-0.2, 0) is 0 Å². The number of rotatable bonds is 5. The maximum Gasteiger partial charge on any atom is 0.282 e. The standard InChI is InChI=1S/C23H15FN4O3/c24-20-7-3-1-5-17(20)15-25-27-22(26-21-8-4-2-6-19(21)23(27)29)14-11-16-9-12-18(13-10-16)28(30)31/h1-15H/b14-11+,25-15+. The van der Waals surface area contributed by atoms with Gasteiger partial charge in [0.05, 0.1) is 22.0 Å². The van der Waals surface area contributed by atoms with Crippen LogP contribution >= 0.6 is 0 Å². The van der Waals surface area contributed by atoms with Crippen LogP contribution < -0.4 is 5.56 Å². The molecule has 0 saturated carbocycles. The molecule has 0 unspecified atom stereocenters. The Kier molecular flexibility index (Phi) is 5.44. The molecule has 0 atom stereocenters. The fraction of sp³-hybridized carbons (Fsp3) is 0. The fourth-order valence-electron chi connectivity index (χ4n) is 2.94. The zero-order chi connectivity index (χ0) is 21.8. The van der Waals surface area contributed by atoms with E-state index >= 15 is 0 Å². The average Bonchev–Trinajstić information content (AvgIpc) is 2.78. The number of fused-ring (bicyclic) bond motifs is 1. The minimum absolute atomic E-state index is 0.0209. The van der Waals surface area contributed by atoms with Gasteiger partial charge in [-0.3, -0.25) is 14.9 Å². The zero-order valence-corrected chi connectivity index (χ0v) is 16.1. The van der Waals surface area contributed by atoms with Crippen molar-refractivity contribution in [2.45, 2.75) is 0 Å². The predicted molar refractivity (Wildman–Crippen MR) is 117 cm³/mol. The molecular weight excluding hydrogens is 399 g/mol. The molecule has 7 nitrogen and oxygen atoms in total. The lowest BCUT2D eigenvalue weighted by Crippen LogP contribution is -2.20. The Hall–Kier alpha value is -4.46. The van der Waals surface area contributed by atoms with Crippen LogP contribution in [0.5, 0.6) is 0 Å². The third-order valence-corrected chi connectivity index (χ3v) is 4.53. The van der Waals surface area contributed by atoms with Crippen molar-refractivity contribution in [3.63, 3.8) is 0 Å². The van der Waals surface area contributed by atoms with Crippen molar-refractivity contribution >= 4 is 35.0 Å². The van der Waals surface area contributed by atoms with E-state index in [0.717, 1.165) is 4.68 Å². The first-order chi connectivity index (χ1) is 15.0. The SMILES string of the molecule is O=c1c2ccccc2nc(/C=C/c2ccc([N+](=O)[O-])cc2)n1/N=C/c1ccccc1F. The number of benzene rings is 3. The smallest absolute Gasteiger partial charge is 0.267 e. The summed E-state index contributed by atoms with van der Waals surface area (Å²) in [7, 11) is 0. The first-order valence-electron chi connectivity index (χ1n) is 9.26. The van der Waals surface area contributed by atoms with E-state index in [1.165, 1.54) is 24.4 Å². The largest absolute Gasteiger partial charge is 0.282 e. The summed E-state index contributed by atoms with van der Waals surface area (Å²) >= 11 is 0. The molecule has 0 aliphatic rings. The topological polar surface area (TPSA) is 90.4 Å². The third-order valence-electron chi connectivity index (χ3n) is 4.53. The molecule has 0 fully saturated rings. The van der Waals surface area contributed by atoms with Crippen molar-refractivity contribution < 1.29 is 9.31 Å². The van der Waals surface area contributed by atoms with Crippen molar-refractivity contribution in [2.75, 3.05) is 0 Å². The predicted octanol–water partition coefficient (Wildman–Crippen LogP) is 4.50. The second-order valence-electron chi connectivity index (χ2n) is 6.55. The van der Waals surface area contributed by atoms with Gasteiger partial charge < -0.3 is 0 Å². The number of non-ortho nitro benzene ring substituents is 1. The average molecular weight is 414 g/mol. The van der Waals surface area contributed by atoms with E-state index in [9.17, 15) is 19.3 Å². The highest BCUT2D eigenvalue weighted by molar-refractivity contribution is 5.81. The summed E-state index contributed by atoms with van der Waals surface area (Å²) in [6, 6.07) is 18.9. The summed E-state index contributed by atoms with van der Waals surface area (Å²) in [4.78, 5) is 27.8. The van der Waals surface area contributed by atoms with Crippen molar-refractivity contribution in [1.29, 1.82) is 0 Å². The van der Waals surface area contributed by atoms with Gasteiger partial charge in [-0.1, -0.05) is 36.4 Å². The molecule has 3 aromatic carbocycles. The highest BCUT2D eigenvalue weighted by atomic mass is 19.1. The molecule has 4 rings (SSSR count). The Labute approximate surface area is 175 Å². The molecule has 0 aliphatic heterocycles. The molecule has 31 heavy (non-hydrogen) atoms. The molecule has 0 bridgehead atoms. The van der Waals surface area contributed by atoms with E-state index in [1.54, 1.807) is 66.7 Å². The van der Waals surface area contributed by atoms with Crippen molar-refractivity contribution in [3.8, 4) is 0 Å². The van der Waals surface area contributed by atoms with Gasteiger partial charge in [0.2, 0.25) is 0 Å². The van der Waals surface area contributed by atoms with Crippen LogP contribution in [0.15, 0.2) is 82.7 Å². The van der Waals surface area contributed by atoms with Crippen LogP contribution in [0.25, 0.3) is 23.1 Å². The maximum atomic E-state index is 13.9. The Bertz CT molecular complexity index is 1390. The van der Waals surface area contributed by atoms with Gasteiger partial charge in [0.15, 0.2) is 5.82 Å². The van der Waals surface area contributed by atoms with E-state index in [0.29, 0.717) is 16.5 Å². The van der Waals surface area contributed by atoms with Gasteiger partial charge in [0, 0.05) is 17.7 Å². The van der Waals surface area contributed by atoms with Crippen LogP contribution in [-0.4, -0.2) is 20.8 Å². The van der Waals surface area contributed by atoms with Crippen molar-refractivity contribution in [1.82, 2.24) is 9.66 Å². The summed E-state index contributed by atoms with van der Waals surface area (Å²) in [6.07, 6.45) is 4.50. The number of halogens is 1. The number of para-hydroxylation sites is 1. The van der Waals surface area contributed by atoms with E-state index in [4.69, 9.17) is 0 Å². The summed E-state index contributed by atoms with van der Waals surface area (Å²) in [5.74, 6) is -0.231. The van der Waals surface area contributed by atoms with Crippen LogP contribution in [0.4, 0.5) is 10.1 Å². The van der Waals surface area contributed by atoms with Gasteiger partial charge in [0.25, 0.3) is 11.2 Å². The molecule has 0 saturated heterocycles. The fourth-order valence-corrected chi connectivity index (χ4v) is 2.94.